The molecule has 1 aliphatic heterocycles. The number of hydrogen-bond acceptors (Lipinski definition) is 6. The zero-order chi connectivity index (χ0) is 15.4. The molecule has 0 saturated carbocycles. The fourth-order valence-electron chi connectivity index (χ4n) is 2.28. The Bertz CT molecular complexity index is 652. The molecule has 0 aliphatic carbocycles. The summed E-state index contributed by atoms with van der Waals surface area (Å²) in [5.41, 5.74) is 8.24. The van der Waals surface area contributed by atoms with Crippen molar-refractivity contribution in [3.63, 3.8) is 0 Å². The summed E-state index contributed by atoms with van der Waals surface area (Å²) in [6.07, 6.45) is 0. The van der Waals surface area contributed by atoms with Gasteiger partial charge >= 0.3 is 0 Å². The van der Waals surface area contributed by atoms with Gasteiger partial charge in [-0.3, -0.25) is 9.69 Å². The Balaban J connectivity index is 1.60. The maximum atomic E-state index is 12.0. The van der Waals surface area contributed by atoms with Gasteiger partial charge in [0.1, 0.15) is 0 Å². The lowest BCUT2D eigenvalue weighted by Gasteiger charge is -2.25. The zero-order valence-electron chi connectivity index (χ0n) is 12.1. The molecule has 3 N–H and O–H groups in total. The summed E-state index contributed by atoms with van der Waals surface area (Å²) in [7, 11) is 0. The molecule has 1 saturated heterocycles. The molecule has 7 heteroatoms. The molecule has 116 valence electrons. The third kappa shape index (κ3) is 3.82. The van der Waals surface area contributed by atoms with Crippen LogP contribution < -0.4 is 11.1 Å². The van der Waals surface area contributed by atoms with Crippen molar-refractivity contribution in [2.24, 2.45) is 0 Å². The minimum absolute atomic E-state index is 0.0459. The van der Waals surface area contributed by atoms with Crippen LogP contribution in [0.25, 0.3) is 11.3 Å². The molecule has 2 aromatic rings. The van der Waals surface area contributed by atoms with Crippen molar-refractivity contribution in [2.75, 3.05) is 43.9 Å². The average molecular weight is 318 g/mol. The third-order valence-corrected chi connectivity index (χ3v) is 4.16. The van der Waals surface area contributed by atoms with Crippen LogP contribution in [0.2, 0.25) is 0 Å². The number of carbonyl (C=O) groups is 1. The molecule has 1 aromatic heterocycles. The predicted octanol–water partition coefficient (Wildman–Crippen LogP) is 1.66. The van der Waals surface area contributed by atoms with Gasteiger partial charge in [0.2, 0.25) is 5.91 Å². The second kappa shape index (κ2) is 6.87. The van der Waals surface area contributed by atoms with E-state index < -0.39 is 0 Å². The number of morpholine rings is 1. The maximum absolute atomic E-state index is 12.0. The number of ether oxygens (including phenoxy) is 1. The number of nitrogens with zero attached hydrogens (tertiary/aromatic N) is 2. The van der Waals surface area contributed by atoms with Gasteiger partial charge in [0.25, 0.3) is 0 Å². The zero-order valence-corrected chi connectivity index (χ0v) is 12.9. The number of benzene rings is 1. The van der Waals surface area contributed by atoms with Gasteiger partial charge in [0, 0.05) is 29.7 Å². The molecule has 0 spiro atoms. The minimum Gasteiger partial charge on any atom is -0.399 e. The van der Waals surface area contributed by atoms with Crippen molar-refractivity contribution in [3.05, 3.63) is 29.6 Å². The first-order valence-corrected chi connectivity index (χ1v) is 8.00. The van der Waals surface area contributed by atoms with Crippen molar-refractivity contribution in [2.45, 2.75) is 0 Å². The topological polar surface area (TPSA) is 80.5 Å². The Labute approximate surface area is 132 Å². The number of carbonyl (C=O) groups excluding carboxylic acids is 1. The monoisotopic (exact) mass is 318 g/mol. The van der Waals surface area contributed by atoms with Gasteiger partial charge in [-0.1, -0.05) is 12.1 Å². The van der Waals surface area contributed by atoms with E-state index in [1.54, 1.807) is 0 Å². The Morgan fingerprint density at radius 3 is 3.00 bits per heavy atom. The first-order chi connectivity index (χ1) is 10.7. The number of aromatic nitrogens is 1. The van der Waals surface area contributed by atoms with E-state index in [9.17, 15) is 4.79 Å². The number of nitrogens with one attached hydrogen (secondary N) is 1. The van der Waals surface area contributed by atoms with Crippen LogP contribution in [0, 0.1) is 0 Å². The van der Waals surface area contributed by atoms with Gasteiger partial charge in [0.15, 0.2) is 5.13 Å². The highest BCUT2D eigenvalue weighted by Gasteiger charge is 2.15. The minimum atomic E-state index is -0.0459. The molecular formula is C15H18N4O2S. The number of nitrogens with two attached hydrogens (primary N) is 1. The van der Waals surface area contributed by atoms with E-state index in [0.717, 1.165) is 24.3 Å². The number of amides is 1. The lowest BCUT2D eigenvalue weighted by molar-refractivity contribution is -0.118. The van der Waals surface area contributed by atoms with Crippen LogP contribution >= 0.6 is 11.3 Å². The molecular weight excluding hydrogens is 300 g/mol. The number of thiazole rings is 1. The molecule has 6 nitrogen and oxygen atoms in total. The van der Waals surface area contributed by atoms with E-state index in [1.807, 2.05) is 29.6 Å². The average Bonchev–Trinajstić information content (AvgIpc) is 2.96. The summed E-state index contributed by atoms with van der Waals surface area (Å²) in [5, 5.41) is 5.37. The first kappa shape index (κ1) is 15.0. The largest absolute Gasteiger partial charge is 0.399 e. The molecule has 1 aromatic carbocycles. The molecule has 1 aliphatic rings. The van der Waals surface area contributed by atoms with Gasteiger partial charge < -0.3 is 15.8 Å². The van der Waals surface area contributed by atoms with Crippen LogP contribution in [-0.4, -0.2) is 48.6 Å². The third-order valence-electron chi connectivity index (χ3n) is 3.40. The molecule has 1 amide bonds. The van der Waals surface area contributed by atoms with E-state index in [1.165, 1.54) is 11.3 Å². The lowest BCUT2D eigenvalue weighted by Crippen LogP contribution is -2.41. The predicted molar refractivity (Wildman–Crippen MR) is 87.9 cm³/mol. The highest BCUT2D eigenvalue weighted by molar-refractivity contribution is 7.14. The molecule has 0 radical (unpaired) electrons. The number of nitrogen functional groups attached to an aromatic ring is 1. The Morgan fingerprint density at radius 1 is 1.41 bits per heavy atom. The molecule has 0 unspecified atom stereocenters. The lowest BCUT2D eigenvalue weighted by atomic mass is 10.1. The Morgan fingerprint density at radius 2 is 2.23 bits per heavy atom. The van der Waals surface area contributed by atoms with Crippen molar-refractivity contribution >= 4 is 28.1 Å². The summed E-state index contributed by atoms with van der Waals surface area (Å²) in [5.74, 6) is -0.0459. The summed E-state index contributed by atoms with van der Waals surface area (Å²) >= 11 is 1.41. The second-order valence-electron chi connectivity index (χ2n) is 5.10. The Kier molecular flexibility index (Phi) is 4.67. The van der Waals surface area contributed by atoms with E-state index >= 15 is 0 Å². The summed E-state index contributed by atoms with van der Waals surface area (Å²) in [6, 6.07) is 7.54. The fraction of sp³-hybridized carbons (Fsp3) is 0.333. The number of rotatable bonds is 4. The van der Waals surface area contributed by atoms with Gasteiger partial charge in [-0.25, -0.2) is 4.98 Å². The maximum Gasteiger partial charge on any atom is 0.240 e. The van der Waals surface area contributed by atoms with Crippen LogP contribution in [0.1, 0.15) is 0 Å². The summed E-state index contributed by atoms with van der Waals surface area (Å²) in [6.45, 7) is 3.32. The van der Waals surface area contributed by atoms with E-state index in [-0.39, 0.29) is 5.91 Å². The van der Waals surface area contributed by atoms with E-state index in [2.05, 4.69) is 15.2 Å². The van der Waals surface area contributed by atoms with Gasteiger partial charge in [-0.05, 0) is 12.1 Å². The normalized spacial score (nSPS) is 15.6. The second-order valence-corrected chi connectivity index (χ2v) is 5.96. The highest BCUT2D eigenvalue weighted by atomic mass is 32.1. The van der Waals surface area contributed by atoms with E-state index in [4.69, 9.17) is 10.5 Å². The molecule has 22 heavy (non-hydrogen) atoms. The molecule has 0 atom stereocenters. The smallest absolute Gasteiger partial charge is 0.240 e. The fourth-order valence-corrected chi connectivity index (χ4v) is 3.02. The van der Waals surface area contributed by atoms with Crippen molar-refractivity contribution in [3.8, 4) is 11.3 Å². The molecule has 3 rings (SSSR count). The van der Waals surface area contributed by atoms with Crippen LogP contribution in [0.4, 0.5) is 10.8 Å². The van der Waals surface area contributed by atoms with Crippen molar-refractivity contribution in [1.29, 1.82) is 0 Å². The molecule has 0 bridgehead atoms. The van der Waals surface area contributed by atoms with E-state index in [0.29, 0.717) is 30.6 Å². The summed E-state index contributed by atoms with van der Waals surface area (Å²) in [4.78, 5) is 18.6. The van der Waals surface area contributed by atoms with Crippen LogP contribution in [0.5, 0.6) is 0 Å². The van der Waals surface area contributed by atoms with Crippen LogP contribution in [-0.2, 0) is 9.53 Å². The van der Waals surface area contributed by atoms with Gasteiger partial charge in [-0.15, -0.1) is 11.3 Å². The number of anilines is 2. The first-order valence-electron chi connectivity index (χ1n) is 7.12. The standard InChI is InChI=1S/C15H18N4O2S/c16-12-3-1-2-11(8-12)13-10-22-15(17-13)18-14(20)9-19-4-6-21-7-5-19/h1-3,8,10H,4-7,9,16H2,(H,17,18,20). The molecule has 1 fully saturated rings. The quantitative estimate of drug-likeness (QED) is 0.838. The van der Waals surface area contributed by atoms with Crippen LogP contribution in [0.15, 0.2) is 29.6 Å². The van der Waals surface area contributed by atoms with Gasteiger partial charge in [0.05, 0.1) is 25.5 Å². The van der Waals surface area contributed by atoms with Gasteiger partial charge in [-0.2, -0.15) is 0 Å². The highest BCUT2D eigenvalue weighted by Crippen LogP contribution is 2.26. The molecule has 2 heterocycles. The number of hydrogen-bond donors (Lipinski definition) is 2. The summed E-state index contributed by atoms with van der Waals surface area (Å²) < 4.78 is 5.27. The van der Waals surface area contributed by atoms with Crippen molar-refractivity contribution < 1.29 is 9.53 Å². The van der Waals surface area contributed by atoms with Crippen molar-refractivity contribution in [1.82, 2.24) is 9.88 Å². The van der Waals surface area contributed by atoms with Crippen LogP contribution in [0.3, 0.4) is 0 Å². The SMILES string of the molecule is Nc1cccc(-c2csc(NC(=O)CN3CCOCC3)n2)c1. The Hall–Kier alpha value is -1.96.